The molecule has 4 heteroatoms. The molecule has 0 bridgehead atoms. The maximum absolute atomic E-state index is 12.1. The van der Waals surface area contributed by atoms with Crippen molar-refractivity contribution in [3.8, 4) is 5.75 Å². The molecule has 0 atom stereocenters. The zero-order valence-electron chi connectivity index (χ0n) is 8.76. The van der Waals surface area contributed by atoms with Crippen LogP contribution < -0.4 is 4.89 Å². The molecule has 0 saturated heterocycles. The third-order valence-electron chi connectivity index (χ3n) is 2.33. The summed E-state index contributed by atoms with van der Waals surface area (Å²) in [6.07, 6.45) is 0. The minimum Gasteiger partial charge on any atom is -0.340 e. The molecule has 0 aliphatic carbocycles. The molecule has 1 N–H and O–H groups in total. The molecule has 0 aliphatic heterocycles. The van der Waals surface area contributed by atoms with E-state index in [-0.39, 0.29) is 5.78 Å². The zero-order valence-corrected chi connectivity index (χ0v) is 10.9. The van der Waals surface area contributed by atoms with Crippen molar-refractivity contribution in [3.05, 3.63) is 63.2 Å². The molecule has 0 fully saturated rings. The number of rotatable bonds is 3. The molecule has 0 amide bonds. The van der Waals surface area contributed by atoms with Crippen molar-refractivity contribution in [1.29, 1.82) is 0 Å². The third kappa shape index (κ3) is 2.83. The third-order valence-corrected chi connectivity index (χ3v) is 3.05. The smallest absolute Gasteiger partial charge is 0.193 e. The van der Waals surface area contributed by atoms with E-state index < -0.39 is 0 Å². The Morgan fingerprint density at radius 3 is 1.88 bits per heavy atom. The maximum atomic E-state index is 12.1. The van der Waals surface area contributed by atoms with Crippen molar-refractivity contribution in [2.24, 2.45) is 0 Å². The standard InChI is InChI=1S/C13H9IO3/c14-11-5-1-9(2-6-11)13(15)10-3-7-12(17-16)8-4-10/h1-8,16H. The van der Waals surface area contributed by atoms with E-state index in [4.69, 9.17) is 5.26 Å². The van der Waals surface area contributed by atoms with E-state index in [1.807, 2.05) is 12.1 Å². The highest BCUT2D eigenvalue weighted by molar-refractivity contribution is 14.1. The monoisotopic (exact) mass is 340 g/mol. The molecule has 0 aromatic heterocycles. The predicted molar refractivity (Wildman–Crippen MR) is 72.3 cm³/mol. The molecule has 0 heterocycles. The molecule has 86 valence electrons. The summed E-state index contributed by atoms with van der Waals surface area (Å²) in [5.74, 6) is 0.259. The number of carbonyl (C=O) groups excluding carboxylic acids is 1. The molecule has 17 heavy (non-hydrogen) atoms. The van der Waals surface area contributed by atoms with Crippen LogP contribution in [0, 0.1) is 3.57 Å². The fourth-order valence-corrected chi connectivity index (χ4v) is 1.79. The van der Waals surface area contributed by atoms with Crippen LogP contribution in [0.2, 0.25) is 0 Å². The summed E-state index contributed by atoms with van der Waals surface area (Å²) in [4.78, 5) is 16.1. The first-order valence-electron chi connectivity index (χ1n) is 4.92. The maximum Gasteiger partial charge on any atom is 0.193 e. The van der Waals surface area contributed by atoms with Crippen LogP contribution >= 0.6 is 22.6 Å². The molecule has 2 aromatic rings. The van der Waals surface area contributed by atoms with E-state index >= 15 is 0 Å². The lowest BCUT2D eigenvalue weighted by Crippen LogP contribution is -2.00. The zero-order chi connectivity index (χ0) is 12.3. The SMILES string of the molecule is O=C(c1ccc(I)cc1)c1ccc(OO)cc1. The van der Waals surface area contributed by atoms with Crippen LogP contribution in [-0.4, -0.2) is 11.0 Å². The molecule has 0 unspecified atom stereocenters. The van der Waals surface area contributed by atoms with Gasteiger partial charge in [-0.1, -0.05) is 0 Å². The summed E-state index contributed by atoms with van der Waals surface area (Å²) in [5, 5.41) is 8.43. The van der Waals surface area contributed by atoms with Gasteiger partial charge in [0.05, 0.1) is 0 Å². The largest absolute Gasteiger partial charge is 0.340 e. The Morgan fingerprint density at radius 2 is 1.41 bits per heavy atom. The van der Waals surface area contributed by atoms with Crippen LogP contribution in [0.3, 0.4) is 0 Å². The van der Waals surface area contributed by atoms with Gasteiger partial charge in [0.1, 0.15) is 0 Å². The second kappa shape index (κ2) is 5.29. The van der Waals surface area contributed by atoms with E-state index in [1.165, 1.54) is 0 Å². The van der Waals surface area contributed by atoms with Crippen molar-refractivity contribution < 1.29 is 14.9 Å². The van der Waals surface area contributed by atoms with Gasteiger partial charge < -0.3 is 4.89 Å². The van der Waals surface area contributed by atoms with Crippen molar-refractivity contribution in [2.75, 3.05) is 0 Å². The Morgan fingerprint density at radius 1 is 0.941 bits per heavy atom. The van der Waals surface area contributed by atoms with E-state index in [9.17, 15) is 4.79 Å². The molecule has 0 spiro atoms. The van der Waals surface area contributed by atoms with Gasteiger partial charge >= 0.3 is 0 Å². The van der Waals surface area contributed by atoms with Crippen molar-refractivity contribution in [2.45, 2.75) is 0 Å². The Balaban J connectivity index is 2.27. The molecule has 0 aliphatic rings. The summed E-state index contributed by atoms with van der Waals surface area (Å²) < 4.78 is 1.09. The highest BCUT2D eigenvalue weighted by Gasteiger charge is 2.08. The first-order chi connectivity index (χ1) is 8.20. The van der Waals surface area contributed by atoms with Crippen LogP contribution in [-0.2, 0) is 0 Å². The fourth-order valence-electron chi connectivity index (χ4n) is 1.44. The lowest BCUT2D eigenvalue weighted by molar-refractivity contribution is -0.137. The number of carbonyl (C=O) groups is 1. The van der Waals surface area contributed by atoms with E-state index in [0.29, 0.717) is 16.9 Å². The van der Waals surface area contributed by atoms with Crippen LogP contribution in [0.1, 0.15) is 15.9 Å². The Hall–Kier alpha value is -1.40. The molecule has 3 nitrogen and oxygen atoms in total. The van der Waals surface area contributed by atoms with Gasteiger partial charge in [0, 0.05) is 14.7 Å². The first-order valence-corrected chi connectivity index (χ1v) is 6.00. The summed E-state index contributed by atoms with van der Waals surface area (Å²) in [6, 6.07) is 13.7. The van der Waals surface area contributed by atoms with Crippen molar-refractivity contribution in [3.63, 3.8) is 0 Å². The van der Waals surface area contributed by atoms with Gasteiger partial charge in [-0.15, -0.1) is 0 Å². The van der Waals surface area contributed by atoms with Crippen LogP contribution in [0.5, 0.6) is 5.75 Å². The lowest BCUT2D eigenvalue weighted by Gasteiger charge is -2.02. The summed E-state index contributed by atoms with van der Waals surface area (Å²) in [5.41, 5.74) is 1.20. The first kappa shape index (κ1) is 12.1. The molecule has 2 aromatic carbocycles. The second-order valence-corrected chi connectivity index (χ2v) is 4.70. The van der Waals surface area contributed by atoms with Gasteiger partial charge in [-0.25, -0.2) is 5.26 Å². The van der Waals surface area contributed by atoms with Gasteiger partial charge in [0.15, 0.2) is 11.5 Å². The highest BCUT2D eigenvalue weighted by atomic mass is 127. The Labute approximate surface area is 112 Å². The van der Waals surface area contributed by atoms with E-state index in [1.54, 1.807) is 36.4 Å². The van der Waals surface area contributed by atoms with Gasteiger partial charge in [0.25, 0.3) is 0 Å². The Bertz CT molecular complexity index is 517. The summed E-state index contributed by atoms with van der Waals surface area (Å²) >= 11 is 2.19. The minimum absolute atomic E-state index is 0.0501. The normalized spacial score (nSPS) is 10.0. The lowest BCUT2D eigenvalue weighted by atomic mass is 10.0. The van der Waals surface area contributed by atoms with E-state index in [2.05, 4.69) is 27.5 Å². The minimum atomic E-state index is -0.0501. The summed E-state index contributed by atoms with van der Waals surface area (Å²) in [7, 11) is 0. The van der Waals surface area contributed by atoms with Gasteiger partial charge in [-0.2, -0.15) is 0 Å². The highest BCUT2D eigenvalue weighted by Crippen LogP contribution is 2.15. The van der Waals surface area contributed by atoms with Crippen LogP contribution in [0.4, 0.5) is 0 Å². The molecule has 0 radical (unpaired) electrons. The molecular weight excluding hydrogens is 331 g/mol. The van der Waals surface area contributed by atoms with Crippen molar-refractivity contribution in [1.82, 2.24) is 0 Å². The number of ketones is 1. The molecule has 0 saturated carbocycles. The second-order valence-electron chi connectivity index (χ2n) is 3.45. The number of halogens is 1. The average Bonchev–Trinajstić information content (AvgIpc) is 2.39. The topological polar surface area (TPSA) is 46.5 Å². The van der Waals surface area contributed by atoms with E-state index in [0.717, 1.165) is 3.57 Å². The van der Waals surface area contributed by atoms with Gasteiger partial charge in [-0.3, -0.25) is 4.79 Å². The predicted octanol–water partition coefficient (Wildman–Crippen LogP) is 3.37. The number of hydrogen-bond acceptors (Lipinski definition) is 3. The summed E-state index contributed by atoms with van der Waals surface area (Å²) in [6.45, 7) is 0. The van der Waals surface area contributed by atoms with Gasteiger partial charge in [-0.05, 0) is 71.1 Å². The molecular formula is C13H9IO3. The quantitative estimate of drug-likeness (QED) is 0.403. The number of benzene rings is 2. The fraction of sp³-hybridized carbons (Fsp3) is 0. The van der Waals surface area contributed by atoms with Crippen molar-refractivity contribution >= 4 is 28.4 Å². The molecule has 2 rings (SSSR count). The van der Waals surface area contributed by atoms with Crippen LogP contribution in [0.15, 0.2) is 48.5 Å². The van der Waals surface area contributed by atoms with Gasteiger partial charge in [0.2, 0.25) is 0 Å². The Kier molecular flexibility index (Phi) is 3.75. The van der Waals surface area contributed by atoms with Crippen LogP contribution in [0.25, 0.3) is 0 Å². The number of hydrogen-bond donors (Lipinski definition) is 1. The average molecular weight is 340 g/mol.